The van der Waals surface area contributed by atoms with E-state index in [2.05, 4.69) is 14.9 Å². The van der Waals surface area contributed by atoms with E-state index in [1.807, 2.05) is 35.2 Å². The summed E-state index contributed by atoms with van der Waals surface area (Å²) in [4.78, 5) is 26.1. The van der Waals surface area contributed by atoms with Gasteiger partial charge in [-0.15, -0.1) is 11.3 Å². The normalized spacial score (nSPS) is 15.4. The van der Waals surface area contributed by atoms with Gasteiger partial charge in [-0.25, -0.2) is 14.4 Å². The summed E-state index contributed by atoms with van der Waals surface area (Å²) in [5, 5.41) is 1.47. The lowest BCUT2D eigenvalue weighted by Crippen LogP contribution is -2.49. The highest BCUT2D eigenvalue weighted by Gasteiger charge is 2.24. The van der Waals surface area contributed by atoms with Crippen LogP contribution in [0.4, 0.5) is 10.2 Å². The maximum atomic E-state index is 13.9. The Morgan fingerprint density at radius 1 is 1.07 bits per heavy atom. The Hall–Kier alpha value is -3.10. The van der Waals surface area contributed by atoms with Gasteiger partial charge in [0.1, 0.15) is 18.0 Å². The average Bonchev–Trinajstić information content (AvgIpc) is 3.14. The van der Waals surface area contributed by atoms with Crippen molar-refractivity contribution in [3.05, 3.63) is 65.0 Å². The molecule has 0 saturated carbocycles. The highest BCUT2D eigenvalue weighted by molar-refractivity contribution is 7.19. The molecule has 0 bridgehead atoms. The van der Waals surface area contributed by atoms with Gasteiger partial charge >= 0.3 is 0 Å². The number of carbonyl (C=O) groups is 1. The van der Waals surface area contributed by atoms with E-state index < -0.39 is 0 Å². The Morgan fingerprint density at radius 3 is 2.80 bits per heavy atom. The topological polar surface area (TPSA) is 75.3 Å². The summed E-state index contributed by atoms with van der Waals surface area (Å²) < 4.78 is 14.9. The summed E-state index contributed by atoms with van der Waals surface area (Å²) in [5.74, 6) is 0.353. The number of nitrogens with two attached hydrogens (primary N) is 1. The molecule has 0 radical (unpaired) electrons. The number of piperazine rings is 1. The maximum absolute atomic E-state index is 13.9. The van der Waals surface area contributed by atoms with E-state index in [-0.39, 0.29) is 11.7 Å². The third-order valence-electron chi connectivity index (χ3n) is 5.44. The number of amides is 1. The van der Waals surface area contributed by atoms with Crippen LogP contribution >= 0.6 is 11.3 Å². The lowest BCUT2D eigenvalue weighted by Gasteiger charge is -2.34. The van der Waals surface area contributed by atoms with Crippen molar-refractivity contribution in [1.29, 1.82) is 0 Å². The maximum Gasteiger partial charge on any atom is 0.237 e. The van der Waals surface area contributed by atoms with Gasteiger partial charge in [0.15, 0.2) is 0 Å². The molecule has 0 aliphatic carbocycles. The van der Waals surface area contributed by atoms with Crippen LogP contribution in [0.25, 0.3) is 21.0 Å². The molecule has 8 heteroatoms. The first kappa shape index (κ1) is 18.9. The number of thiophene rings is 1. The Balaban J connectivity index is 1.25. The van der Waals surface area contributed by atoms with Gasteiger partial charge in [0.25, 0.3) is 0 Å². The number of halogens is 1. The number of benzene rings is 2. The van der Waals surface area contributed by atoms with Crippen molar-refractivity contribution in [3.63, 3.8) is 0 Å². The first-order valence-electron chi connectivity index (χ1n) is 9.73. The van der Waals surface area contributed by atoms with Crippen LogP contribution in [-0.2, 0) is 17.9 Å². The zero-order valence-electron chi connectivity index (χ0n) is 16.2. The quantitative estimate of drug-likeness (QED) is 0.547. The van der Waals surface area contributed by atoms with Crippen LogP contribution in [-0.4, -0.2) is 45.3 Å². The van der Waals surface area contributed by atoms with Crippen molar-refractivity contribution in [2.24, 2.45) is 0 Å². The second kappa shape index (κ2) is 7.62. The first-order chi connectivity index (χ1) is 14.6. The number of anilines is 1. The molecule has 2 aromatic heterocycles. The van der Waals surface area contributed by atoms with E-state index in [9.17, 15) is 9.18 Å². The second-order valence-electron chi connectivity index (χ2n) is 7.50. The van der Waals surface area contributed by atoms with Crippen molar-refractivity contribution < 1.29 is 9.18 Å². The fourth-order valence-corrected chi connectivity index (χ4v) is 5.00. The molecule has 1 aliphatic heterocycles. The van der Waals surface area contributed by atoms with Crippen LogP contribution in [0.3, 0.4) is 0 Å². The third-order valence-corrected chi connectivity index (χ3v) is 6.53. The Labute approximate surface area is 176 Å². The van der Waals surface area contributed by atoms with Gasteiger partial charge in [-0.3, -0.25) is 9.69 Å². The van der Waals surface area contributed by atoms with E-state index in [1.54, 1.807) is 17.4 Å². The number of nitrogen functional groups attached to an aromatic ring is 1. The van der Waals surface area contributed by atoms with Crippen LogP contribution in [0.1, 0.15) is 10.4 Å². The Morgan fingerprint density at radius 2 is 1.97 bits per heavy atom. The number of nitrogens with zero attached hydrogens (tertiary/aromatic N) is 4. The summed E-state index contributed by atoms with van der Waals surface area (Å²) in [6.07, 6.45) is 1.45. The molecule has 152 valence electrons. The highest BCUT2D eigenvalue weighted by atomic mass is 32.1. The number of fused-ring (bicyclic) bond motifs is 2. The van der Waals surface area contributed by atoms with E-state index in [0.29, 0.717) is 37.4 Å². The molecule has 6 nitrogen and oxygen atoms in total. The summed E-state index contributed by atoms with van der Waals surface area (Å²) in [6.45, 7) is 3.00. The molecular formula is C22H20FN5OS. The van der Waals surface area contributed by atoms with Gasteiger partial charge in [-0.1, -0.05) is 12.1 Å². The molecule has 4 aromatic rings. The summed E-state index contributed by atoms with van der Waals surface area (Å²) in [7, 11) is 0. The number of aromatic nitrogens is 2. The van der Waals surface area contributed by atoms with Gasteiger partial charge in [-0.2, -0.15) is 0 Å². The lowest BCUT2D eigenvalue weighted by atomic mass is 10.1. The first-order valence-corrected chi connectivity index (χ1v) is 10.5. The minimum atomic E-state index is -0.196. The molecule has 2 aromatic carbocycles. The third kappa shape index (κ3) is 3.59. The SMILES string of the molecule is Nc1ncnc2cc(CN3CCN(Cc4cc5c(F)cccc5s4)CC3=O)ccc12. The highest BCUT2D eigenvalue weighted by Crippen LogP contribution is 2.29. The van der Waals surface area contributed by atoms with Crippen LogP contribution < -0.4 is 5.73 Å². The standard InChI is InChI=1S/C22H20FN5OS/c23-18-2-1-3-20-17(18)9-15(30-20)11-27-6-7-28(21(29)12-27)10-14-4-5-16-19(8-14)25-13-26-22(16)24/h1-5,8-9,13H,6-7,10-12H2,(H2,24,25,26). The molecule has 0 atom stereocenters. The molecule has 3 heterocycles. The van der Waals surface area contributed by atoms with Crippen LogP contribution in [0.2, 0.25) is 0 Å². The predicted molar refractivity (Wildman–Crippen MR) is 116 cm³/mol. The fourth-order valence-electron chi connectivity index (χ4n) is 3.88. The number of hydrogen-bond donors (Lipinski definition) is 1. The number of rotatable bonds is 4. The Kier molecular flexibility index (Phi) is 4.80. The molecule has 0 unspecified atom stereocenters. The van der Waals surface area contributed by atoms with Gasteiger partial charge < -0.3 is 10.6 Å². The average molecular weight is 422 g/mol. The minimum Gasteiger partial charge on any atom is -0.383 e. The van der Waals surface area contributed by atoms with Crippen molar-refractivity contribution >= 4 is 44.1 Å². The smallest absolute Gasteiger partial charge is 0.237 e. The summed E-state index contributed by atoms with van der Waals surface area (Å²) in [6, 6.07) is 12.9. The molecule has 1 aliphatic rings. The fraction of sp³-hybridized carbons (Fsp3) is 0.227. The molecule has 0 spiro atoms. The molecule has 5 rings (SSSR count). The predicted octanol–water partition coefficient (Wildman–Crippen LogP) is 3.41. The molecule has 1 fully saturated rings. The van der Waals surface area contributed by atoms with Crippen molar-refractivity contribution in [1.82, 2.24) is 19.8 Å². The van der Waals surface area contributed by atoms with Gasteiger partial charge in [0.2, 0.25) is 5.91 Å². The number of hydrogen-bond acceptors (Lipinski definition) is 6. The van der Waals surface area contributed by atoms with Gasteiger partial charge in [0.05, 0.1) is 12.1 Å². The molecule has 2 N–H and O–H groups in total. The van der Waals surface area contributed by atoms with Crippen LogP contribution in [0.15, 0.2) is 48.8 Å². The van der Waals surface area contributed by atoms with E-state index in [4.69, 9.17) is 5.73 Å². The van der Waals surface area contributed by atoms with Crippen LogP contribution in [0, 0.1) is 5.82 Å². The summed E-state index contributed by atoms with van der Waals surface area (Å²) in [5.41, 5.74) is 7.68. The monoisotopic (exact) mass is 421 g/mol. The molecule has 1 saturated heterocycles. The van der Waals surface area contributed by atoms with Crippen molar-refractivity contribution in [2.45, 2.75) is 13.1 Å². The largest absolute Gasteiger partial charge is 0.383 e. The molecule has 30 heavy (non-hydrogen) atoms. The van der Waals surface area contributed by atoms with Crippen molar-refractivity contribution in [2.75, 3.05) is 25.4 Å². The van der Waals surface area contributed by atoms with E-state index >= 15 is 0 Å². The van der Waals surface area contributed by atoms with Crippen molar-refractivity contribution in [3.8, 4) is 0 Å². The second-order valence-corrected chi connectivity index (χ2v) is 8.67. The zero-order chi connectivity index (χ0) is 20.7. The minimum absolute atomic E-state index is 0.0934. The van der Waals surface area contributed by atoms with E-state index in [1.165, 1.54) is 12.4 Å². The Bertz CT molecular complexity index is 1260. The summed E-state index contributed by atoms with van der Waals surface area (Å²) >= 11 is 1.58. The molecular weight excluding hydrogens is 401 g/mol. The van der Waals surface area contributed by atoms with Crippen LogP contribution in [0.5, 0.6) is 0 Å². The van der Waals surface area contributed by atoms with E-state index in [0.717, 1.165) is 32.6 Å². The van der Waals surface area contributed by atoms with Gasteiger partial charge in [-0.05, 0) is 35.9 Å². The molecule has 1 amide bonds. The number of carbonyl (C=O) groups excluding carboxylic acids is 1. The van der Waals surface area contributed by atoms with Gasteiger partial charge in [0, 0.05) is 46.5 Å². The zero-order valence-corrected chi connectivity index (χ0v) is 17.0. The lowest BCUT2D eigenvalue weighted by molar-refractivity contribution is -0.136.